The molecule has 2 N–H and O–H groups in total. The van der Waals surface area contributed by atoms with Crippen LogP contribution in [0, 0.1) is 0 Å². The Balaban J connectivity index is 2.33. The third-order valence-electron chi connectivity index (χ3n) is 3.18. The van der Waals surface area contributed by atoms with Crippen LogP contribution >= 0.6 is 0 Å². The smallest absolute Gasteiger partial charge is 0.246 e. The lowest BCUT2D eigenvalue weighted by Crippen LogP contribution is -2.83. The number of likely N-dealkylation sites (N-methyl/N-ethyl adjacent to an activating group) is 1. The number of carbonyl (C=O) groups excluding carboxylic acids is 1. The molecule has 0 saturated heterocycles. The average molecular weight is 224 g/mol. The van der Waals surface area contributed by atoms with E-state index in [9.17, 15) is 4.79 Å². The largest absolute Gasteiger partial charge is 0.311 e. The van der Waals surface area contributed by atoms with Crippen molar-refractivity contribution in [3.63, 3.8) is 0 Å². The minimum atomic E-state index is 0.149. The minimum Gasteiger partial charge on any atom is -0.311 e. The van der Waals surface area contributed by atoms with E-state index in [1.54, 1.807) is 0 Å². The number of Topliss-reactive ketones (excluding diaryl/α,β-unsaturated/α-hetero) is 1. The van der Waals surface area contributed by atoms with Gasteiger partial charge in [-0.2, -0.15) is 0 Å². The van der Waals surface area contributed by atoms with Gasteiger partial charge in [0.05, 0.1) is 6.54 Å². The Morgan fingerprint density at radius 2 is 1.88 bits per heavy atom. The Morgan fingerprint density at radius 3 is 2.65 bits per heavy atom. The normalized spacial score (nSPS) is 13.9. The second-order valence-corrected chi connectivity index (χ2v) is 4.29. The summed E-state index contributed by atoms with van der Waals surface area (Å²) < 4.78 is 0. The van der Waals surface area contributed by atoms with Crippen molar-refractivity contribution in [1.29, 1.82) is 0 Å². The van der Waals surface area contributed by atoms with Crippen molar-refractivity contribution in [1.82, 2.24) is 0 Å². The predicted molar refractivity (Wildman–Crippen MR) is 68.7 cm³/mol. The van der Waals surface area contributed by atoms with Crippen molar-refractivity contribution in [2.24, 2.45) is 0 Å². The summed E-state index contributed by atoms with van der Waals surface area (Å²) in [6, 6.07) is 12.1. The van der Waals surface area contributed by atoms with E-state index in [0.717, 1.165) is 34.1 Å². The van der Waals surface area contributed by atoms with Crippen LogP contribution in [-0.4, -0.2) is 12.3 Å². The van der Waals surface area contributed by atoms with E-state index in [1.807, 2.05) is 29.6 Å². The summed E-state index contributed by atoms with van der Waals surface area (Å²) >= 11 is 0. The first-order valence-electron chi connectivity index (χ1n) is 5.92. The molecule has 2 aromatic rings. The fourth-order valence-electron chi connectivity index (χ4n) is 2.44. The van der Waals surface area contributed by atoms with Crippen molar-refractivity contribution < 1.29 is 10.1 Å². The number of ketones is 1. The molecule has 0 bridgehead atoms. The number of hydrogen-bond acceptors (Lipinski definition) is 1. The van der Waals surface area contributed by atoms with Crippen molar-refractivity contribution in [2.75, 3.05) is 6.54 Å². The summed E-state index contributed by atoms with van der Waals surface area (Å²) in [7, 11) is 0. The molecule has 17 heavy (non-hydrogen) atoms. The third-order valence-corrected chi connectivity index (χ3v) is 3.18. The summed E-state index contributed by atoms with van der Waals surface area (Å²) in [6.45, 7) is 2.94. The maximum Gasteiger partial charge on any atom is 0.246 e. The Bertz CT molecular complexity index is 635. The van der Waals surface area contributed by atoms with Crippen LogP contribution in [0.1, 0.15) is 22.8 Å². The maximum absolute atomic E-state index is 12.3. The van der Waals surface area contributed by atoms with Crippen LogP contribution in [0.5, 0.6) is 0 Å². The molecule has 0 fully saturated rings. The number of carbonyl (C=O) groups is 1. The molecule has 1 aliphatic rings. The topological polar surface area (TPSA) is 33.7 Å². The molecule has 0 aliphatic heterocycles. The van der Waals surface area contributed by atoms with E-state index in [2.05, 4.69) is 25.1 Å². The van der Waals surface area contributed by atoms with E-state index < -0.39 is 0 Å². The molecule has 0 radical (unpaired) electrons. The van der Waals surface area contributed by atoms with Crippen molar-refractivity contribution in [3.8, 4) is 0 Å². The Morgan fingerprint density at radius 1 is 1.12 bits per heavy atom. The molecule has 84 valence electrons. The van der Waals surface area contributed by atoms with Crippen LogP contribution in [0.15, 0.2) is 42.1 Å². The standard InChI is InChI=1S/C15H13NO/c1-2-16-13-9-11-7-3-5-10-6-4-8-12(14(10)11)15(13)17/h3-9,16H,2H2,1H3/p+1. The number of benzene rings is 2. The van der Waals surface area contributed by atoms with Gasteiger partial charge >= 0.3 is 0 Å². The summed E-state index contributed by atoms with van der Waals surface area (Å²) in [5.41, 5.74) is 2.80. The van der Waals surface area contributed by atoms with Crippen molar-refractivity contribution in [3.05, 3.63) is 53.2 Å². The van der Waals surface area contributed by atoms with Crippen LogP contribution < -0.4 is 5.32 Å². The second-order valence-electron chi connectivity index (χ2n) is 4.29. The zero-order chi connectivity index (χ0) is 11.8. The van der Waals surface area contributed by atoms with Crippen LogP contribution in [0.4, 0.5) is 0 Å². The first-order chi connectivity index (χ1) is 8.31. The van der Waals surface area contributed by atoms with Gasteiger partial charge in [0.15, 0.2) is 5.70 Å². The van der Waals surface area contributed by atoms with Gasteiger partial charge in [0.1, 0.15) is 0 Å². The number of nitrogens with two attached hydrogens (primary N) is 1. The molecule has 1 aliphatic carbocycles. The Kier molecular flexibility index (Phi) is 2.30. The highest BCUT2D eigenvalue weighted by molar-refractivity contribution is 6.21. The SMILES string of the molecule is CC[NH2+]C1=Cc2cccc3cccc(c23)C1=O. The molecule has 0 atom stereocenters. The second kappa shape index (κ2) is 3.82. The van der Waals surface area contributed by atoms with Gasteiger partial charge in [0.2, 0.25) is 5.78 Å². The highest BCUT2D eigenvalue weighted by atomic mass is 16.1. The van der Waals surface area contributed by atoms with Gasteiger partial charge in [-0.15, -0.1) is 0 Å². The fourth-order valence-corrected chi connectivity index (χ4v) is 2.44. The Hall–Kier alpha value is -1.93. The molecule has 0 saturated carbocycles. The van der Waals surface area contributed by atoms with Gasteiger partial charge in [0, 0.05) is 17.0 Å². The van der Waals surface area contributed by atoms with Gasteiger partial charge in [-0.1, -0.05) is 36.4 Å². The average Bonchev–Trinajstić information content (AvgIpc) is 2.36. The van der Waals surface area contributed by atoms with Gasteiger partial charge in [-0.05, 0) is 17.9 Å². The van der Waals surface area contributed by atoms with Crippen molar-refractivity contribution in [2.45, 2.75) is 6.92 Å². The minimum absolute atomic E-state index is 0.149. The van der Waals surface area contributed by atoms with E-state index in [0.29, 0.717) is 0 Å². The van der Waals surface area contributed by atoms with Crippen LogP contribution in [0.2, 0.25) is 0 Å². The van der Waals surface area contributed by atoms with Crippen molar-refractivity contribution >= 4 is 22.6 Å². The molecule has 2 aromatic carbocycles. The highest BCUT2D eigenvalue weighted by Gasteiger charge is 2.23. The fraction of sp³-hybridized carbons (Fsp3) is 0.133. The molecule has 0 spiro atoms. The summed E-state index contributed by atoms with van der Waals surface area (Å²) in [4.78, 5) is 12.3. The number of hydrogen-bond donors (Lipinski definition) is 1. The highest BCUT2D eigenvalue weighted by Crippen LogP contribution is 2.29. The van der Waals surface area contributed by atoms with Crippen LogP contribution in [-0.2, 0) is 0 Å². The zero-order valence-electron chi connectivity index (χ0n) is 9.73. The molecular formula is C15H14NO+. The summed E-state index contributed by atoms with van der Waals surface area (Å²) in [5.74, 6) is 0.149. The Labute approximate surface area is 100.0 Å². The molecule has 2 heteroatoms. The van der Waals surface area contributed by atoms with Gasteiger partial charge in [-0.3, -0.25) is 4.79 Å². The molecular weight excluding hydrogens is 210 g/mol. The lowest BCUT2D eigenvalue weighted by Gasteiger charge is -2.14. The molecule has 0 aromatic heterocycles. The van der Waals surface area contributed by atoms with Gasteiger partial charge in [-0.25, -0.2) is 0 Å². The van der Waals surface area contributed by atoms with E-state index in [4.69, 9.17) is 0 Å². The lowest BCUT2D eigenvalue weighted by molar-refractivity contribution is -0.594. The molecule has 0 heterocycles. The molecule has 3 rings (SSSR count). The monoisotopic (exact) mass is 224 g/mol. The first kappa shape index (κ1) is 10.2. The third kappa shape index (κ3) is 1.49. The van der Waals surface area contributed by atoms with E-state index >= 15 is 0 Å². The number of rotatable bonds is 2. The number of allylic oxidation sites excluding steroid dienone is 1. The lowest BCUT2D eigenvalue weighted by atomic mass is 9.90. The summed E-state index contributed by atoms with van der Waals surface area (Å²) in [6.07, 6.45) is 2.00. The van der Waals surface area contributed by atoms with E-state index in [-0.39, 0.29) is 5.78 Å². The maximum atomic E-state index is 12.3. The zero-order valence-corrected chi connectivity index (χ0v) is 9.73. The molecule has 0 unspecified atom stereocenters. The number of quaternary nitrogens is 1. The summed E-state index contributed by atoms with van der Waals surface area (Å²) in [5, 5.41) is 4.23. The van der Waals surface area contributed by atoms with Crippen LogP contribution in [0.3, 0.4) is 0 Å². The van der Waals surface area contributed by atoms with Gasteiger partial charge in [0.25, 0.3) is 0 Å². The van der Waals surface area contributed by atoms with E-state index in [1.165, 1.54) is 0 Å². The van der Waals surface area contributed by atoms with Gasteiger partial charge < -0.3 is 5.32 Å². The predicted octanol–water partition coefficient (Wildman–Crippen LogP) is 1.96. The van der Waals surface area contributed by atoms with Crippen LogP contribution in [0.25, 0.3) is 16.8 Å². The molecule has 2 nitrogen and oxygen atoms in total. The molecule has 0 amide bonds. The first-order valence-corrected chi connectivity index (χ1v) is 5.92. The quantitative estimate of drug-likeness (QED) is 0.831.